The monoisotopic (exact) mass is 333 g/mol. The van der Waals surface area contributed by atoms with E-state index in [1.807, 2.05) is 18.2 Å². The van der Waals surface area contributed by atoms with Gasteiger partial charge in [0.15, 0.2) is 0 Å². The molecule has 1 heterocycles. The van der Waals surface area contributed by atoms with Crippen LogP contribution in [-0.4, -0.2) is 62.8 Å². The van der Waals surface area contributed by atoms with Gasteiger partial charge in [-0.05, 0) is 30.5 Å². The van der Waals surface area contributed by atoms with Gasteiger partial charge in [0.25, 0.3) is 0 Å². The summed E-state index contributed by atoms with van der Waals surface area (Å²) in [5, 5.41) is 40.2. The summed E-state index contributed by atoms with van der Waals surface area (Å²) < 4.78 is 0. The van der Waals surface area contributed by atoms with Crippen molar-refractivity contribution in [3.05, 3.63) is 47.5 Å². The molecule has 2 aliphatic rings. The van der Waals surface area contributed by atoms with Crippen molar-refractivity contribution in [2.24, 2.45) is 0 Å². The van der Waals surface area contributed by atoms with Crippen molar-refractivity contribution in [1.82, 2.24) is 4.90 Å². The van der Waals surface area contributed by atoms with Gasteiger partial charge in [-0.2, -0.15) is 0 Å². The predicted molar refractivity (Wildman–Crippen MR) is 91.3 cm³/mol. The molecule has 1 aromatic carbocycles. The van der Waals surface area contributed by atoms with Crippen LogP contribution in [-0.2, 0) is 0 Å². The van der Waals surface area contributed by atoms with Crippen LogP contribution < -0.4 is 0 Å². The molecule has 2 unspecified atom stereocenters. The zero-order chi connectivity index (χ0) is 17.1. The molecule has 0 saturated carbocycles. The summed E-state index contributed by atoms with van der Waals surface area (Å²) in [4.78, 5) is 2.22. The zero-order valence-corrected chi connectivity index (χ0v) is 13.8. The second-order valence-electron chi connectivity index (χ2n) is 6.83. The summed E-state index contributed by atoms with van der Waals surface area (Å²) in [5.41, 5.74) is 1.58. The zero-order valence-electron chi connectivity index (χ0n) is 13.8. The Morgan fingerprint density at radius 1 is 0.958 bits per heavy atom. The van der Waals surface area contributed by atoms with Gasteiger partial charge in [0.1, 0.15) is 18.3 Å². The molecule has 0 radical (unpaired) electrons. The highest BCUT2D eigenvalue weighted by atomic mass is 16.4. The number of hydrogen-bond donors (Lipinski definition) is 4. The Morgan fingerprint density at radius 3 is 2.42 bits per heavy atom. The van der Waals surface area contributed by atoms with Gasteiger partial charge in [-0.3, -0.25) is 4.90 Å². The maximum atomic E-state index is 10.6. The van der Waals surface area contributed by atoms with Gasteiger partial charge in [0.05, 0.1) is 12.6 Å². The molecular formula is C19H27NO4. The van der Waals surface area contributed by atoms with Gasteiger partial charge in [-0.15, -0.1) is 0 Å². The number of rotatable bonds is 3. The van der Waals surface area contributed by atoms with Crippen LogP contribution in [0.25, 0.3) is 0 Å². The molecule has 1 fully saturated rings. The number of benzene rings is 1. The van der Waals surface area contributed by atoms with Crippen LogP contribution in [0, 0.1) is 0 Å². The second kappa shape index (κ2) is 7.76. The van der Waals surface area contributed by atoms with Crippen molar-refractivity contribution in [3.8, 4) is 0 Å². The minimum absolute atomic E-state index is 0.159. The van der Waals surface area contributed by atoms with Crippen molar-refractivity contribution in [3.63, 3.8) is 0 Å². The standard InChI is InChI=1S/C19H27NO4/c21-12-14-11-16(18(23)19(24)17(14)22)20-10-6-2-5-9-15(20)13-7-3-1-4-8-13/h1,3-4,7-8,11,15-19,21-24H,2,5-6,9-10,12H2/t15?,16-,17+,18-,19?/m0/s1. The van der Waals surface area contributed by atoms with Gasteiger partial charge in [0, 0.05) is 6.04 Å². The van der Waals surface area contributed by atoms with Crippen LogP contribution in [0.5, 0.6) is 0 Å². The molecular weight excluding hydrogens is 306 g/mol. The van der Waals surface area contributed by atoms with Crippen LogP contribution in [0.2, 0.25) is 0 Å². The Balaban J connectivity index is 1.95. The summed E-state index contributed by atoms with van der Waals surface area (Å²) in [6, 6.07) is 9.97. The molecule has 0 bridgehead atoms. The molecule has 132 valence electrons. The third-order valence-corrected chi connectivity index (χ3v) is 5.33. The van der Waals surface area contributed by atoms with E-state index in [9.17, 15) is 20.4 Å². The summed E-state index contributed by atoms with van der Waals surface area (Å²) >= 11 is 0. The number of hydrogen-bond acceptors (Lipinski definition) is 5. The number of nitrogens with zero attached hydrogens (tertiary/aromatic N) is 1. The van der Waals surface area contributed by atoms with E-state index in [-0.39, 0.29) is 12.6 Å². The Morgan fingerprint density at radius 2 is 1.71 bits per heavy atom. The molecule has 1 saturated heterocycles. The lowest BCUT2D eigenvalue weighted by molar-refractivity contribution is -0.0884. The van der Waals surface area contributed by atoms with Crippen molar-refractivity contribution in [2.75, 3.05) is 13.2 Å². The molecule has 1 aromatic rings. The fourth-order valence-corrected chi connectivity index (χ4v) is 3.98. The number of aliphatic hydroxyl groups is 4. The van der Waals surface area contributed by atoms with E-state index in [4.69, 9.17) is 0 Å². The SMILES string of the molecule is OCC1=C[C@H](N2CCCCCC2c2ccccc2)[C@H](O)C(O)[C@@H]1O. The maximum absolute atomic E-state index is 10.6. The van der Waals surface area contributed by atoms with E-state index >= 15 is 0 Å². The summed E-state index contributed by atoms with van der Waals surface area (Å²) in [6.07, 6.45) is 2.49. The van der Waals surface area contributed by atoms with Gasteiger partial charge in [-0.1, -0.05) is 49.2 Å². The van der Waals surface area contributed by atoms with Crippen LogP contribution >= 0.6 is 0 Å². The van der Waals surface area contributed by atoms with Crippen molar-refractivity contribution < 1.29 is 20.4 Å². The molecule has 5 nitrogen and oxygen atoms in total. The average molecular weight is 333 g/mol. The summed E-state index contributed by atoms with van der Waals surface area (Å²) in [6.45, 7) is 0.505. The molecule has 1 aliphatic carbocycles. The van der Waals surface area contributed by atoms with Gasteiger partial charge in [0.2, 0.25) is 0 Å². The number of likely N-dealkylation sites (tertiary alicyclic amines) is 1. The Kier molecular flexibility index (Phi) is 5.69. The van der Waals surface area contributed by atoms with Gasteiger partial charge in [-0.25, -0.2) is 0 Å². The first-order chi connectivity index (χ1) is 11.6. The molecule has 0 amide bonds. The fourth-order valence-electron chi connectivity index (χ4n) is 3.98. The highest BCUT2D eigenvalue weighted by Crippen LogP contribution is 2.35. The molecule has 0 spiro atoms. The first kappa shape index (κ1) is 17.6. The van der Waals surface area contributed by atoms with Gasteiger partial charge < -0.3 is 20.4 Å². The maximum Gasteiger partial charge on any atom is 0.111 e. The topological polar surface area (TPSA) is 84.2 Å². The van der Waals surface area contributed by atoms with Gasteiger partial charge >= 0.3 is 0 Å². The second-order valence-corrected chi connectivity index (χ2v) is 6.83. The molecule has 0 aromatic heterocycles. The largest absolute Gasteiger partial charge is 0.392 e. The van der Waals surface area contributed by atoms with E-state index in [1.54, 1.807) is 6.08 Å². The Bertz CT molecular complexity index is 562. The summed E-state index contributed by atoms with van der Waals surface area (Å²) in [7, 11) is 0. The first-order valence-corrected chi connectivity index (χ1v) is 8.80. The lowest BCUT2D eigenvalue weighted by atomic mass is 9.86. The molecule has 1 aliphatic heterocycles. The van der Waals surface area contributed by atoms with E-state index in [0.29, 0.717) is 5.57 Å². The van der Waals surface area contributed by atoms with E-state index in [2.05, 4.69) is 17.0 Å². The molecule has 4 N–H and O–H groups in total. The Labute approximate surface area is 142 Å². The minimum atomic E-state index is -1.28. The quantitative estimate of drug-likeness (QED) is 0.620. The van der Waals surface area contributed by atoms with Crippen LogP contribution in [0.15, 0.2) is 42.0 Å². The molecule has 3 rings (SSSR count). The predicted octanol–water partition coefficient (Wildman–Crippen LogP) is 0.987. The minimum Gasteiger partial charge on any atom is -0.392 e. The molecule has 5 heteroatoms. The first-order valence-electron chi connectivity index (χ1n) is 8.80. The van der Waals surface area contributed by atoms with E-state index < -0.39 is 24.4 Å². The van der Waals surface area contributed by atoms with Crippen LogP contribution in [0.1, 0.15) is 37.3 Å². The highest BCUT2D eigenvalue weighted by molar-refractivity contribution is 5.25. The number of aliphatic hydroxyl groups excluding tert-OH is 4. The smallest absolute Gasteiger partial charge is 0.111 e. The van der Waals surface area contributed by atoms with Crippen molar-refractivity contribution >= 4 is 0 Å². The lowest BCUT2D eigenvalue weighted by Gasteiger charge is -2.43. The van der Waals surface area contributed by atoms with Crippen LogP contribution in [0.4, 0.5) is 0 Å². The average Bonchev–Trinajstić information content (AvgIpc) is 2.87. The van der Waals surface area contributed by atoms with Crippen molar-refractivity contribution in [2.45, 2.75) is 56.1 Å². The van der Waals surface area contributed by atoms with Crippen LogP contribution in [0.3, 0.4) is 0 Å². The van der Waals surface area contributed by atoms with E-state index in [0.717, 1.165) is 32.2 Å². The fraction of sp³-hybridized carbons (Fsp3) is 0.579. The third-order valence-electron chi connectivity index (χ3n) is 5.33. The molecule has 24 heavy (non-hydrogen) atoms. The normalized spacial score (nSPS) is 35.3. The molecule has 5 atom stereocenters. The summed E-state index contributed by atoms with van der Waals surface area (Å²) in [5.74, 6) is 0. The third kappa shape index (κ3) is 3.41. The lowest BCUT2D eigenvalue weighted by Crippen LogP contribution is -2.56. The highest BCUT2D eigenvalue weighted by Gasteiger charge is 2.41. The van der Waals surface area contributed by atoms with Crippen molar-refractivity contribution in [1.29, 1.82) is 0 Å². The van der Waals surface area contributed by atoms with E-state index in [1.165, 1.54) is 5.56 Å². The Hall–Kier alpha value is -1.24.